The van der Waals surface area contributed by atoms with E-state index in [1.165, 1.54) is 4.31 Å². The minimum atomic E-state index is -3.76. The summed E-state index contributed by atoms with van der Waals surface area (Å²) in [4.78, 5) is 14.0. The zero-order valence-corrected chi connectivity index (χ0v) is 17.2. The Balaban J connectivity index is 2.10. The van der Waals surface area contributed by atoms with Crippen LogP contribution in [0.3, 0.4) is 0 Å². The van der Waals surface area contributed by atoms with Gasteiger partial charge in [-0.15, -0.1) is 0 Å². The number of hydrogen-bond donors (Lipinski definition) is 0. The molecule has 0 N–H and O–H groups in total. The first kappa shape index (κ1) is 18.9. The van der Waals surface area contributed by atoms with E-state index in [9.17, 15) is 13.2 Å². The van der Waals surface area contributed by atoms with Crippen molar-refractivity contribution < 1.29 is 13.2 Å². The molecule has 26 heavy (non-hydrogen) atoms. The molecule has 1 aliphatic rings. The Labute approximate surface area is 162 Å². The van der Waals surface area contributed by atoms with Crippen LogP contribution in [0.2, 0.25) is 0 Å². The Morgan fingerprint density at radius 1 is 1.19 bits per heavy atom. The van der Waals surface area contributed by atoms with Crippen LogP contribution in [0.1, 0.15) is 25.8 Å². The topological polar surface area (TPSA) is 57.7 Å². The van der Waals surface area contributed by atoms with Crippen molar-refractivity contribution >= 4 is 43.2 Å². The second-order valence-corrected chi connectivity index (χ2v) is 8.75. The molecule has 0 fully saturated rings. The van der Waals surface area contributed by atoms with Crippen molar-refractivity contribution in [1.82, 2.24) is 0 Å². The maximum absolute atomic E-state index is 13.3. The van der Waals surface area contributed by atoms with Gasteiger partial charge in [-0.1, -0.05) is 25.1 Å². The number of halogens is 1. The third-order valence-corrected chi connectivity index (χ3v) is 7.39. The molecule has 0 radical (unpaired) electrons. The summed E-state index contributed by atoms with van der Waals surface area (Å²) < 4.78 is 28.5. The van der Waals surface area contributed by atoms with Gasteiger partial charge in [0.25, 0.3) is 10.0 Å². The summed E-state index contributed by atoms with van der Waals surface area (Å²) in [5.41, 5.74) is 2.30. The zero-order valence-electron chi connectivity index (χ0n) is 14.8. The van der Waals surface area contributed by atoms with E-state index in [1.807, 2.05) is 31.2 Å². The number of carbonyl (C=O) groups excluding carboxylic acids is 1. The molecule has 2 aromatic carbocycles. The first-order chi connectivity index (χ1) is 12.4. The lowest BCUT2D eigenvalue weighted by Crippen LogP contribution is -2.31. The fourth-order valence-electron chi connectivity index (χ4n) is 3.24. The predicted octanol–water partition coefficient (Wildman–Crippen LogP) is 3.96. The average Bonchev–Trinajstić information content (AvgIpc) is 3.04. The maximum atomic E-state index is 13.3. The van der Waals surface area contributed by atoms with E-state index in [0.717, 1.165) is 12.0 Å². The average molecular weight is 437 g/mol. The van der Waals surface area contributed by atoms with Gasteiger partial charge in [-0.3, -0.25) is 9.10 Å². The van der Waals surface area contributed by atoms with Gasteiger partial charge in [0, 0.05) is 29.7 Å². The Morgan fingerprint density at radius 3 is 2.50 bits per heavy atom. The second kappa shape index (κ2) is 7.40. The van der Waals surface area contributed by atoms with Gasteiger partial charge in [0.05, 0.1) is 5.69 Å². The van der Waals surface area contributed by atoms with Crippen LogP contribution in [-0.4, -0.2) is 27.4 Å². The van der Waals surface area contributed by atoms with Gasteiger partial charge in [-0.2, -0.15) is 0 Å². The SMILES string of the molecule is CCC(=O)N1CCc2cc(Br)c(S(=O)(=O)N(CC)c3ccccc3)cc21. The van der Waals surface area contributed by atoms with Crippen molar-refractivity contribution in [2.24, 2.45) is 0 Å². The highest BCUT2D eigenvalue weighted by Gasteiger charge is 2.31. The van der Waals surface area contributed by atoms with E-state index in [-0.39, 0.29) is 10.8 Å². The number of nitrogens with zero attached hydrogens (tertiary/aromatic N) is 2. The molecular weight excluding hydrogens is 416 g/mol. The lowest BCUT2D eigenvalue weighted by molar-refractivity contribution is -0.118. The van der Waals surface area contributed by atoms with E-state index >= 15 is 0 Å². The number of anilines is 2. The fraction of sp³-hybridized carbons (Fsp3) is 0.316. The lowest BCUT2D eigenvalue weighted by Gasteiger charge is -2.24. The molecule has 0 aliphatic carbocycles. The highest BCUT2D eigenvalue weighted by atomic mass is 79.9. The molecule has 1 heterocycles. The third-order valence-electron chi connectivity index (χ3n) is 4.53. The van der Waals surface area contributed by atoms with Gasteiger partial charge < -0.3 is 4.90 Å². The number of carbonyl (C=O) groups is 1. The highest BCUT2D eigenvalue weighted by molar-refractivity contribution is 9.10. The molecule has 0 unspecified atom stereocenters. The zero-order chi connectivity index (χ0) is 18.9. The van der Waals surface area contributed by atoms with Crippen LogP contribution >= 0.6 is 15.9 Å². The van der Waals surface area contributed by atoms with Gasteiger partial charge >= 0.3 is 0 Å². The van der Waals surface area contributed by atoms with E-state index in [2.05, 4.69) is 15.9 Å². The second-order valence-electron chi connectivity index (χ2n) is 6.07. The van der Waals surface area contributed by atoms with Crippen LogP contribution in [0.5, 0.6) is 0 Å². The summed E-state index contributed by atoms with van der Waals surface area (Å²) in [6, 6.07) is 12.5. The summed E-state index contributed by atoms with van der Waals surface area (Å²) in [5, 5.41) is 0. The number of amides is 1. The molecule has 1 aliphatic heterocycles. The number of rotatable bonds is 5. The Morgan fingerprint density at radius 2 is 1.88 bits per heavy atom. The molecule has 0 saturated carbocycles. The van der Waals surface area contributed by atoms with Crippen LogP contribution in [0.25, 0.3) is 0 Å². The van der Waals surface area contributed by atoms with E-state index in [1.54, 1.807) is 30.0 Å². The van der Waals surface area contributed by atoms with E-state index in [4.69, 9.17) is 0 Å². The molecule has 7 heteroatoms. The summed E-state index contributed by atoms with van der Waals surface area (Å²) in [6.45, 7) is 4.52. The van der Waals surface area contributed by atoms with Crippen molar-refractivity contribution in [1.29, 1.82) is 0 Å². The summed E-state index contributed by atoms with van der Waals surface area (Å²) in [5.74, 6) is 0.00447. The summed E-state index contributed by atoms with van der Waals surface area (Å²) >= 11 is 3.42. The Hall–Kier alpha value is -1.86. The third kappa shape index (κ3) is 3.25. The molecule has 5 nitrogen and oxygen atoms in total. The molecule has 0 bridgehead atoms. The van der Waals surface area contributed by atoms with Gasteiger partial charge in [-0.25, -0.2) is 8.42 Å². The first-order valence-electron chi connectivity index (χ1n) is 8.60. The minimum absolute atomic E-state index is 0.00447. The summed E-state index contributed by atoms with van der Waals surface area (Å²) in [6.07, 6.45) is 1.12. The van der Waals surface area contributed by atoms with Crippen molar-refractivity contribution in [3.05, 3.63) is 52.5 Å². The molecular formula is C19H21BrN2O3S. The molecule has 138 valence electrons. The minimum Gasteiger partial charge on any atom is -0.312 e. The number of para-hydroxylation sites is 1. The van der Waals surface area contributed by atoms with Gasteiger partial charge in [0.2, 0.25) is 5.91 Å². The van der Waals surface area contributed by atoms with Crippen LogP contribution in [0.15, 0.2) is 51.8 Å². The highest BCUT2D eigenvalue weighted by Crippen LogP contribution is 2.37. The normalized spacial score (nSPS) is 13.6. The lowest BCUT2D eigenvalue weighted by atomic mass is 10.2. The monoisotopic (exact) mass is 436 g/mol. The smallest absolute Gasteiger partial charge is 0.265 e. The first-order valence-corrected chi connectivity index (χ1v) is 10.8. The molecule has 0 spiro atoms. The van der Waals surface area contributed by atoms with Crippen molar-refractivity contribution in [3.63, 3.8) is 0 Å². The number of hydrogen-bond acceptors (Lipinski definition) is 3. The van der Waals surface area contributed by atoms with Crippen molar-refractivity contribution in [3.8, 4) is 0 Å². The largest absolute Gasteiger partial charge is 0.312 e. The maximum Gasteiger partial charge on any atom is 0.265 e. The molecule has 3 rings (SSSR count). The van der Waals surface area contributed by atoms with E-state index < -0.39 is 10.0 Å². The number of fused-ring (bicyclic) bond motifs is 1. The fourth-order valence-corrected chi connectivity index (χ4v) is 5.79. The standard InChI is InChI=1S/C19H21BrN2O3S/c1-3-19(23)21-11-10-14-12-16(20)18(13-17(14)21)26(24,25)22(4-2)15-8-6-5-7-9-15/h5-9,12-13H,3-4,10-11H2,1-2H3. The molecule has 0 atom stereocenters. The van der Waals surface area contributed by atoms with Crippen LogP contribution in [0, 0.1) is 0 Å². The number of benzene rings is 2. The Kier molecular flexibility index (Phi) is 5.39. The van der Waals surface area contributed by atoms with Crippen molar-refractivity contribution in [2.45, 2.75) is 31.6 Å². The van der Waals surface area contributed by atoms with Gasteiger partial charge in [0.1, 0.15) is 4.90 Å². The van der Waals surface area contributed by atoms with Crippen LogP contribution < -0.4 is 9.21 Å². The van der Waals surface area contributed by atoms with Gasteiger partial charge in [0.15, 0.2) is 0 Å². The van der Waals surface area contributed by atoms with Crippen LogP contribution in [0.4, 0.5) is 11.4 Å². The number of sulfonamides is 1. The Bertz CT molecular complexity index is 929. The molecule has 2 aromatic rings. The molecule has 0 aromatic heterocycles. The van der Waals surface area contributed by atoms with E-state index in [0.29, 0.717) is 35.4 Å². The quantitative estimate of drug-likeness (QED) is 0.712. The predicted molar refractivity (Wildman–Crippen MR) is 107 cm³/mol. The van der Waals surface area contributed by atoms with Crippen LogP contribution in [-0.2, 0) is 21.2 Å². The summed E-state index contributed by atoms with van der Waals surface area (Å²) in [7, 11) is -3.76. The molecule has 0 saturated heterocycles. The molecule has 1 amide bonds. The van der Waals surface area contributed by atoms with Gasteiger partial charge in [-0.05, 0) is 59.1 Å². The van der Waals surface area contributed by atoms with Crippen molar-refractivity contribution in [2.75, 3.05) is 22.3 Å².